The summed E-state index contributed by atoms with van der Waals surface area (Å²) in [6, 6.07) is 16.1. The van der Waals surface area contributed by atoms with Gasteiger partial charge in [-0.1, -0.05) is 42.8 Å². The number of anilines is 1. The standard InChI is InChI=1S/C25H24ClN5O2S/c1-4-18-13-20(23(32)19-10-5-6-11-21(19)26)24(34-18)31-16(3)29-30-22(31)14-27-25(33)28-17-9-7-8-15(2)12-17/h5-13H,4,14H2,1-3H3,(H2,27,28,33). The zero-order valence-corrected chi connectivity index (χ0v) is 20.6. The highest BCUT2D eigenvalue weighted by atomic mass is 35.5. The average Bonchev–Trinajstić information content (AvgIpc) is 3.40. The molecule has 34 heavy (non-hydrogen) atoms. The number of urea groups is 1. The van der Waals surface area contributed by atoms with E-state index >= 15 is 0 Å². The van der Waals surface area contributed by atoms with Crippen LogP contribution in [0.1, 0.15) is 44.9 Å². The number of nitrogens with one attached hydrogen (secondary N) is 2. The van der Waals surface area contributed by atoms with Crippen molar-refractivity contribution in [3.63, 3.8) is 0 Å². The highest BCUT2D eigenvalue weighted by molar-refractivity contribution is 7.15. The molecule has 0 aliphatic heterocycles. The number of nitrogens with zero attached hydrogens (tertiary/aromatic N) is 3. The molecule has 9 heteroatoms. The Hall–Kier alpha value is -3.49. The monoisotopic (exact) mass is 493 g/mol. The van der Waals surface area contributed by atoms with E-state index in [-0.39, 0.29) is 18.4 Å². The lowest BCUT2D eigenvalue weighted by Crippen LogP contribution is -2.29. The molecule has 2 aromatic carbocycles. The number of amides is 2. The van der Waals surface area contributed by atoms with Crippen LogP contribution in [0.2, 0.25) is 5.02 Å². The van der Waals surface area contributed by atoms with Crippen LogP contribution in [-0.4, -0.2) is 26.6 Å². The Balaban J connectivity index is 1.62. The summed E-state index contributed by atoms with van der Waals surface area (Å²) in [5.41, 5.74) is 2.72. The smallest absolute Gasteiger partial charge is 0.319 e. The van der Waals surface area contributed by atoms with E-state index in [0.717, 1.165) is 16.9 Å². The minimum absolute atomic E-state index is 0.136. The van der Waals surface area contributed by atoms with Crippen molar-refractivity contribution in [3.8, 4) is 5.00 Å². The average molecular weight is 494 g/mol. The van der Waals surface area contributed by atoms with Gasteiger partial charge in [0.15, 0.2) is 11.6 Å². The molecule has 0 spiro atoms. The van der Waals surface area contributed by atoms with Crippen LogP contribution in [0.25, 0.3) is 5.00 Å². The lowest BCUT2D eigenvalue weighted by Gasteiger charge is -2.11. The second-order valence-electron chi connectivity index (χ2n) is 7.77. The normalized spacial score (nSPS) is 10.8. The summed E-state index contributed by atoms with van der Waals surface area (Å²) in [5.74, 6) is 0.976. The third-order valence-corrected chi connectivity index (χ3v) is 6.85. The van der Waals surface area contributed by atoms with E-state index in [0.29, 0.717) is 38.5 Å². The maximum atomic E-state index is 13.4. The van der Waals surface area contributed by atoms with Crippen LogP contribution in [0.5, 0.6) is 0 Å². The van der Waals surface area contributed by atoms with Gasteiger partial charge in [0.05, 0.1) is 17.1 Å². The molecule has 0 aliphatic rings. The van der Waals surface area contributed by atoms with E-state index in [1.165, 1.54) is 11.3 Å². The summed E-state index contributed by atoms with van der Waals surface area (Å²) in [5, 5.41) is 15.2. The second-order valence-corrected chi connectivity index (χ2v) is 9.29. The molecule has 0 atom stereocenters. The van der Waals surface area contributed by atoms with E-state index in [1.54, 1.807) is 24.3 Å². The van der Waals surface area contributed by atoms with Gasteiger partial charge in [-0.05, 0) is 56.2 Å². The maximum absolute atomic E-state index is 13.4. The molecule has 2 aromatic heterocycles. The molecule has 0 bridgehead atoms. The number of rotatable bonds is 7. The van der Waals surface area contributed by atoms with Gasteiger partial charge in [-0.3, -0.25) is 9.36 Å². The second kappa shape index (κ2) is 10.2. The predicted molar refractivity (Wildman–Crippen MR) is 135 cm³/mol. The molecular formula is C25H24ClN5O2S. The lowest BCUT2D eigenvalue weighted by molar-refractivity contribution is 0.103. The van der Waals surface area contributed by atoms with Gasteiger partial charge >= 0.3 is 6.03 Å². The fourth-order valence-corrected chi connectivity index (χ4v) is 4.95. The molecule has 0 radical (unpaired) electrons. The van der Waals surface area contributed by atoms with Gasteiger partial charge in [0, 0.05) is 16.1 Å². The van der Waals surface area contributed by atoms with E-state index in [4.69, 9.17) is 11.6 Å². The highest BCUT2D eigenvalue weighted by Crippen LogP contribution is 2.32. The summed E-state index contributed by atoms with van der Waals surface area (Å²) in [7, 11) is 0. The molecule has 0 aliphatic carbocycles. The van der Waals surface area contributed by atoms with Crippen molar-refractivity contribution < 1.29 is 9.59 Å². The van der Waals surface area contributed by atoms with E-state index in [9.17, 15) is 9.59 Å². The zero-order valence-electron chi connectivity index (χ0n) is 19.1. The Morgan fingerprint density at radius 3 is 2.56 bits per heavy atom. The predicted octanol–water partition coefficient (Wildman–Crippen LogP) is 5.71. The number of hydrogen-bond donors (Lipinski definition) is 2. The summed E-state index contributed by atoms with van der Waals surface area (Å²) >= 11 is 7.81. The molecule has 4 rings (SSSR count). The largest absolute Gasteiger partial charge is 0.331 e. The first-order chi connectivity index (χ1) is 16.4. The number of carbonyl (C=O) groups is 2. The highest BCUT2D eigenvalue weighted by Gasteiger charge is 2.24. The van der Waals surface area contributed by atoms with Gasteiger partial charge < -0.3 is 10.6 Å². The van der Waals surface area contributed by atoms with Gasteiger partial charge in [0.25, 0.3) is 0 Å². The van der Waals surface area contributed by atoms with Crippen molar-refractivity contribution in [2.24, 2.45) is 0 Å². The molecule has 7 nitrogen and oxygen atoms in total. The number of hydrogen-bond acceptors (Lipinski definition) is 5. The number of thiophene rings is 1. The van der Waals surface area contributed by atoms with Crippen LogP contribution in [0.4, 0.5) is 10.5 Å². The zero-order chi connectivity index (χ0) is 24.2. The third kappa shape index (κ3) is 5.03. The SMILES string of the molecule is CCc1cc(C(=O)c2ccccc2Cl)c(-n2c(C)nnc2CNC(=O)Nc2cccc(C)c2)s1. The topological polar surface area (TPSA) is 88.9 Å². The minimum Gasteiger partial charge on any atom is -0.331 e. The number of carbonyl (C=O) groups excluding carboxylic acids is 2. The van der Waals surface area contributed by atoms with Gasteiger partial charge in [0.1, 0.15) is 10.8 Å². The van der Waals surface area contributed by atoms with Crippen molar-refractivity contribution in [2.75, 3.05) is 5.32 Å². The van der Waals surface area contributed by atoms with Gasteiger partial charge in [-0.15, -0.1) is 21.5 Å². The Kier molecular flexibility index (Phi) is 7.09. The lowest BCUT2D eigenvalue weighted by atomic mass is 10.0. The number of benzene rings is 2. The summed E-state index contributed by atoms with van der Waals surface area (Å²) in [6.07, 6.45) is 0.779. The number of ketones is 1. The number of halogens is 1. The van der Waals surface area contributed by atoms with Crippen molar-refractivity contribution in [1.29, 1.82) is 0 Å². The molecule has 2 heterocycles. The molecule has 2 N–H and O–H groups in total. The van der Waals surface area contributed by atoms with Crippen molar-refractivity contribution in [2.45, 2.75) is 33.7 Å². The summed E-state index contributed by atoms with van der Waals surface area (Å²) in [6.45, 7) is 5.95. The Bertz CT molecular complexity index is 1360. The molecule has 0 unspecified atom stereocenters. The van der Waals surface area contributed by atoms with Crippen LogP contribution < -0.4 is 10.6 Å². The van der Waals surface area contributed by atoms with Crippen molar-refractivity contribution in [3.05, 3.63) is 92.8 Å². The van der Waals surface area contributed by atoms with Crippen LogP contribution in [0, 0.1) is 13.8 Å². The maximum Gasteiger partial charge on any atom is 0.319 e. The van der Waals surface area contributed by atoms with Gasteiger partial charge in [-0.25, -0.2) is 4.79 Å². The molecule has 2 amide bonds. The van der Waals surface area contributed by atoms with Crippen LogP contribution in [-0.2, 0) is 13.0 Å². The summed E-state index contributed by atoms with van der Waals surface area (Å²) < 4.78 is 1.82. The van der Waals surface area contributed by atoms with E-state index in [1.807, 2.05) is 55.7 Å². The van der Waals surface area contributed by atoms with Crippen molar-refractivity contribution >= 4 is 40.4 Å². The van der Waals surface area contributed by atoms with Gasteiger partial charge in [-0.2, -0.15) is 0 Å². The molecule has 4 aromatic rings. The number of aryl methyl sites for hydroxylation is 3. The quantitative estimate of drug-likeness (QED) is 0.322. The summed E-state index contributed by atoms with van der Waals surface area (Å²) in [4.78, 5) is 26.9. The van der Waals surface area contributed by atoms with E-state index in [2.05, 4.69) is 20.8 Å². The first-order valence-corrected chi connectivity index (χ1v) is 12.0. The fourth-order valence-electron chi connectivity index (χ4n) is 3.57. The molecule has 0 fully saturated rings. The first-order valence-electron chi connectivity index (χ1n) is 10.8. The Morgan fingerprint density at radius 1 is 1.03 bits per heavy atom. The Morgan fingerprint density at radius 2 is 1.82 bits per heavy atom. The molecule has 174 valence electrons. The molecule has 0 saturated carbocycles. The fraction of sp³-hybridized carbons (Fsp3) is 0.200. The van der Waals surface area contributed by atoms with Crippen LogP contribution >= 0.6 is 22.9 Å². The molecule has 0 saturated heterocycles. The van der Waals surface area contributed by atoms with Crippen LogP contribution in [0.15, 0.2) is 54.6 Å². The molecular weight excluding hydrogens is 470 g/mol. The first kappa shape index (κ1) is 23.7. The number of aromatic nitrogens is 3. The Labute approximate surface area is 206 Å². The van der Waals surface area contributed by atoms with E-state index < -0.39 is 0 Å². The minimum atomic E-state index is -0.356. The third-order valence-electron chi connectivity index (χ3n) is 5.25. The van der Waals surface area contributed by atoms with Crippen LogP contribution in [0.3, 0.4) is 0 Å². The van der Waals surface area contributed by atoms with Crippen molar-refractivity contribution in [1.82, 2.24) is 20.1 Å². The van der Waals surface area contributed by atoms with Gasteiger partial charge in [0.2, 0.25) is 0 Å².